The number of rotatable bonds is 3. The Balaban J connectivity index is 1.53. The molecule has 10 atom stereocenters. The number of aliphatic hydroxyl groups is 1. The average Bonchev–Trinajstić information content (AvgIpc) is 3.11. The second-order valence-corrected chi connectivity index (χ2v) is 13.5. The highest BCUT2D eigenvalue weighted by molar-refractivity contribution is 5.94. The van der Waals surface area contributed by atoms with Gasteiger partial charge in [0.1, 0.15) is 12.2 Å². The summed E-state index contributed by atoms with van der Waals surface area (Å²) in [5.41, 5.74) is 1.48. The summed E-state index contributed by atoms with van der Waals surface area (Å²) in [6.07, 6.45) is 7.46. The van der Waals surface area contributed by atoms with Crippen molar-refractivity contribution in [3.8, 4) is 0 Å². The summed E-state index contributed by atoms with van der Waals surface area (Å²) in [7, 11) is 0. The van der Waals surface area contributed by atoms with Crippen molar-refractivity contribution in [1.29, 1.82) is 0 Å². The number of carbonyl (C=O) groups is 2. The van der Waals surface area contributed by atoms with Crippen LogP contribution in [0, 0.1) is 39.4 Å². The first-order valence-corrected chi connectivity index (χ1v) is 14.2. The van der Waals surface area contributed by atoms with Gasteiger partial charge < -0.3 is 14.6 Å². The minimum atomic E-state index is -0.548. The molecule has 5 heteroatoms. The fourth-order valence-corrected chi connectivity index (χ4v) is 10.4. The van der Waals surface area contributed by atoms with Crippen LogP contribution in [0.5, 0.6) is 0 Å². The lowest BCUT2D eigenvalue weighted by molar-refractivity contribution is -0.239. The quantitative estimate of drug-likeness (QED) is 0.497. The van der Waals surface area contributed by atoms with Gasteiger partial charge in [0.05, 0.1) is 6.10 Å². The van der Waals surface area contributed by atoms with E-state index in [1.165, 1.54) is 0 Å². The van der Waals surface area contributed by atoms with Crippen molar-refractivity contribution in [3.05, 3.63) is 11.1 Å². The van der Waals surface area contributed by atoms with Crippen LogP contribution in [0.3, 0.4) is 0 Å². The first-order chi connectivity index (χ1) is 16.4. The fourth-order valence-electron chi connectivity index (χ4n) is 10.4. The van der Waals surface area contributed by atoms with Gasteiger partial charge in [-0.05, 0) is 92.4 Å². The molecule has 10 unspecified atom stereocenters. The molecule has 3 fully saturated rings. The molecule has 0 saturated heterocycles. The molecule has 0 radical (unpaired) electrons. The fraction of sp³-hybridized carbons (Fsp3) is 0.867. The van der Waals surface area contributed by atoms with E-state index in [4.69, 9.17) is 9.47 Å². The summed E-state index contributed by atoms with van der Waals surface area (Å²) in [5.74, 6) is 0.811. The normalized spacial score (nSPS) is 51.0. The maximum absolute atomic E-state index is 13.0. The van der Waals surface area contributed by atoms with E-state index >= 15 is 0 Å². The third-order valence-corrected chi connectivity index (χ3v) is 12.4. The van der Waals surface area contributed by atoms with Gasteiger partial charge in [-0.1, -0.05) is 41.5 Å². The van der Waals surface area contributed by atoms with Gasteiger partial charge in [0, 0.05) is 22.8 Å². The van der Waals surface area contributed by atoms with Crippen molar-refractivity contribution in [2.75, 3.05) is 0 Å². The minimum absolute atomic E-state index is 0.0294. The minimum Gasteiger partial charge on any atom is -0.462 e. The number of hydrogen-bond acceptors (Lipinski definition) is 5. The molecule has 5 aliphatic rings. The van der Waals surface area contributed by atoms with Crippen LogP contribution < -0.4 is 0 Å². The Labute approximate surface area is 211 Å². The molecule has 5 rings (SSSR count). The van der Waals surface area contributed by atoms with Gasteiger partial charge in [-0.25, -0.2) is 4.79 Å². The molecule has 0 aromatic heterocycles. The van der Waals surface area contributed by atoms with Gasteiger partial charge in [-0.15, -0.1) is 0 Å². The zero-order valence-corrected chi connectivity index (χ0v) is 22.9. The van der Waals surface area contributed by atoms with Crippen LogP contribution in [0.4, 0.5) is 0 Å². The van der Waals surface area contributed by atoms with Crippen LogP contribution in [0.2, 0.25) is 0 Å². The monoisotopic (exact) mass is 486 g/mol. The highest BCUT2D eigenvalue weighted by Crippen LogP contribution is 2.74. The number of hydrogen-bond donors (Lipinski definition) is 1. The van der Waals surface area contributed by atoms with E-state index < -0.39 is 11.5 Å². The lowest BCUT2D eigenvalue weighted by Gasteiger charge is -2.70. The molecular weight excluding hydrogens is 440 g/mol. The largest absolute Gasteiger partial charge is 0.462 e. The molecule has 1 heterocycles. The summed E-state index contributed by atoms with van der Waals surface area (Å²) in [6.45, 7) is 15.5. The van der Waals surface area contributed by atoms with E-state index in [1.54, 1.807) is 0 Å². The number of cyclic esters (lactones) is 1. The second kappa shape index (κ2) is 8.07. The van der Waals surface area contributed by atoms with E-state index in [0.717, 1.165) is 62.5 Å². The van der Waals surface area contributed by atoms with Gasteiger partial charge in [0.2, 0.25) is 0 Å². The summed E-state index contributed by atoms with van der Waals surface area (Å²) in [5, 5.41) is 11.9. The molecule has 1 aliphatic heterocycles. The molecule has 3 saturated carbocycles. The SMILES string of the molecule is CCC(=O)OC1CCC2(C)C(CCC3(C)C2CC(O)C2(C)C4=C(CCC32)C(C)OC4=O)C1(C)CC. The topological polar surface area (TPSA) is 72.8 Å². The Morgan fingerprint density at radius 3 is 2.34 bits per heavy atom. The zero-order chi connectivity index (χ0) is 25.6. The van der Waals surface area contributed by atoms with E-state index in [2.05, 4.69) is 34.6 Å². The molecule has 0 aromatic rings. The first-order valence-electron chi connectivity index (χ1n) is 14.2. The Bertz CT molecular complexity index is 954. The highest BCUT2D eigenvalue weighted by atomic mass is 16.6. The Kier molecular flexibility index (Phi) is 5.83. The molecule has 5 nitrogen and oxygen atoms in total. The van der Waals surface area contributed by atoms with Crippen molar-refractivity contribution in [1.82, 2.24) is 0 Å². The number of aliphatic hydroxyl groups excluding tert-OH is 1. The Morgan fingerprint density at radius 1 is 1.03 bits per heavy atom. The average molecular weight is 487 g/mol. The summed E-state index contributed by atoms with van der Waals surface area (Å²) in [4.78, 5) is 25.3. The lowest BCUT2D eigenvalue weighted by Crippen LogP contribution is -2.67. The van der Waals surface area contributed by atoms with Crippen LogP contribution in [-0.4, -0.2) is 35.4 Å². The van der Waals surface area contributed by atoms with E-state index in [9.17, 15) is 14.7 Å². The van der Waals surface area contributed by atoms with Crippen LogP contribution >= 0.6 is 0 Å². The zero-order valence-electron chi connectivity index (χ0n) is 22.9. The van der Waals surface area contributed by atoms with Crippen molar-refractivity contribution in [3.63, 3.8) is 0 Å². The number of carbonyl (C=O) groups excluding carboxylic acids is 2. The van der Waals surface area contributed by atoms with E-state index in [0.29, 0.717) is 18.3 Å². The summed E-state index contributed by atoms with van der Waals surface area (Å²) < 4.78 is 11.7. The number of ether oxygens (including phenoxy) is 2. The second-order valence-electron chi connectivity index (χ2n) is 13.5. The maximum Gasteiger partial charge on any atom is 0.335 e. The van der Waals surface area contributed by atoms with Gasteiger partial charge in [-0.2, -0.15) is 0 Å². The number of esters is 2. The van der Waals surface area contributed by atoms with Crippen LogP contribution in [0.1, 0.15) is 106 Å². The molecule has 196 valence electrons. The summed E-state index contributed by atoms with van der Waals surface area (Å²) >= 11 is 0. The predicted octanol–water partition coefficient (Wildman–Crippen LogP) is 5.98. The van der Waals surface area contributed by atoms with E-state index in [-0.39, 0.29) is 46.3 Å². The standard InChI is InChI=1S/C30H46O5/c1-8-24(32)35-23-13-15-28(5)19(27(23,4)9-2)12-14-29(6)20-11-10-18-17(3)34-26(33)25(18)30(20,7)22(31)16-21(28)29/h17,19-23,31H,8-16H2,1-7H3. The lowest BCUT2D eigenvalue weighted by atomic mass is 9.34. The molecule has 0 aromatic carbocycles. The smallest absolute Gasteiger partial charge is 0.335 e. The molecule has 1 N–H and O–H groups in total. The van der Waals surface area contributed by atoms with Gasteiger partial charge in [0.25, 0.3) is 0 Å². The molecule has 0 bridgehead atoms. The van der Waals surface area contributed by atoms with Crippen molar-refractivity contribution >= 4 is 11.9 Å². The molecule has 0 spiro atoms. The Morgan fingerprint density at radius 2 is 1.69 bits per heavy atom. The molecule has 35 heavy (non-hydrogen) atoms. The Hall–Kier alpha value is -1.36. The van der Waals surface area contributed by atoms with Crippen molar-refractivity contribution in [2.45, 2.75) is 125 Å². The van der Waals surface area contributed by atoms with E-state index in [1.807, 2.05) is 13.8 Å². The van der Waals surface area contributed by atoms with Crippen LogP contribution in [-0.2, 0) is 19.1 Å². The van der Waals surface area contributed by atoms with Crippen LogP contribution in [0.25, 0.3) is 0 Å². The van der Waals surface area contributed by atoms with Gasteiger partial charge >= 0.3 is 11.9 Å². The van der Waals surface area contributed by atoms with Gasteiger partial charge in [0.15, 0.2) is 0 Å². The maximum atomic E-state index is 13.0. The highest BCUT2D eigenvalue weighted by Gasteiger charge is 2.70. The van der Waals surface area contributed by atoms with Gasteiger partial charge in [-0.3, -0.25) is 4.79 Å². The van der Waals surface area contributed by atoms with Crippen molar-refractivity contribution < 1.29 is 24.2 Å². The van der Waals surface area contributed by atoms with Crippen LogP contribution in [0.15, 0.2) is 11.1 Å². The molecule has 4 aliphatic carbocycles. The molecular formula is C30H46O5. The summed E-state index contributed by atoms with van der Waals surface area (Å²) in [6, 6.07) is 0. The predicted molar refractivity (Wildman–Crippen MR) is 134 cm³/mol. The van der Waals surface area contributed by atoms with Crippen molar-refractivity contribution in [2.24, 2.45) is 39.4 Å². The third-order valence-electron chi connectivity index (χ3n) is 12.4. The third kappa shape index (κ3) is 3.15. The number of fused-ring (bicyclic) bond motifs is 6. The first kappa shape index (κ1) is 25.3. The molecule has 0 amide bonds.